The number of aromatic nitrogens is 2. The van der Waals surface area contributed by atoms with Crippen molar-refractivity contribution < 1.29 is 19.0 Å². The van der Waals surface area contributed by atoms with E-state index in [1.165, 1.54) is 6.08 Å². The number of amides is 1. The molecule has 2 atom stereocenters. The number of halogens is 1. The monoisotopic (exact) mass is 671 g/mol. The van der Waals surface area contributed by atoms with Crippen LogP contribution in [0.15, 0.2) is 48.6 Å². The van der Waals surface area contributed by atoms with Gasteiger partial charge in [0, 0.05) is 62.0 Å². The second-order valence-electron chi connectivity index (χ2n) is 13.1. The third kappa shape index (κ3) is 5.96. The SMILES string of the molecule is COC/C=C/C(=O)N1CCN(c2nc(OC[C@@H]3CCCN3C)nc3c2CCN(c2cccc4cccc(Cl)c24)C32COC2)C[C@@H]1CC#N. The number of hydrogen-bond acceptors (Lipinski definition) is 10. The highest BCUT2D eigenvalue weighted by molar-refractivity contribution is 6.36. The summed E-state index contributed by atoms with van der Waals surface area (Å²) in [6.07, 6.45) is 6.40. The molecule has 0 radical (unpaired) electrons. The van der Waals surface area contributed by atoms with Crippen LogP contribution in [0.5, 0.6) is 6.01 Å². The summed E-state index contributed by atoms with van der Waals surface area (Å²) in [5, 5.41) is 12.6. The average molecular weight is 672 g/mol. The molecular formula is C36H42ClN7O4. The molecule has 11 nitrogen and oxygen atoms in total. The summed E-state index contributed by atoms with van der Waals surface area (Å²) in [6, 6.07) is 15.0. The minimum absolute atomic E-state index is 0.115. The van der Waals surface area contributed by atoms with E-state index in [0.717, 1.165) is 59.5 Å². The second kappa shape index (κ2) is 13.9. The first-order chi connectivity index (χ1) is 23.4. The lowest BCUT2D eigenvalue weighted by atomic mass is 9.81. The molecule has 3 saturated heterocycles. The fourth-order valence-electron chi connectivity index (χ4n) is 7.72. The fourth-order valence-corrected chi connectivity index (χ4v) is 8.00. The number of fused-ring (bicyclic) bond motifs is 3. The van der Waals surface area contributed by atoms with Crippen molar-refractivity contribution in [2.45, 2.75) is 43.3 Å². The standard InChI is InChI=1S/C36H42ClN7O4/c1-41-16-5-9-27(41)22-48-35-39-33-28(34(40-35)42-18-19-43(26(21-42)13-15-38)31(45)12-6-20-46-2)14-17-44(36(33)23-47-24-36)30-11-4-8-25-7-3-10-29(37)32(25)30/h3-4,6-8,10-12,26-27H,5,9,13-14,16-24H2,1-2H3/b12-6+/t26-,27-/m0/s1. The highest BCUT2D eigenvalue weighted by atomic mass is 35.5. The number of benzene rings is 2. The minimum atomic E-state index is -0.517. The molecule has 0 unspecified atom stereocenters. The Hall–Kier alpha value is -3.95. The normalized spacial score (nSPS) is 22.2. The fraction of sp³-hybridized carbons (Fsp3) is 0.500. The molecule has 1 aromatic heterocycles. The zero-order chi connectivity index (χ0) is 33.3. The lowest BCUT2D eigenvalue weighted by molar-refractivity contribution is -0.128. The van der Waals surface area contributed by atoms with E-state index in [2.05, 4.69) is 52.1 Å². The van der Waals surface area contributed by atoms with Crippen LogP contribution in [0.2, 0.25) is 5.02 Å². The van der Waals surface area contributed by atoms with Gasteiger partial charge in [-0.2, -0.15) is 15.2 Å². The van der Waals surface area contributed by atoms with Crippen molar-refractivity contribution in [3.63, 3.8) is 0 Å². The molecule has 4 aliphatic heterocycles. The molecule has 0 saturated carbocycles. The Morgan fingerprint density at radius 1 is 1.15 bits per heavy atom. The van der Waals surface area contributed by atoms with Gasteiger partial charge in [0.15, 0.2) is 0 Å². The van der Waals surface area contributed by atoms with E-state index < -0.39 is 5.54 Å². The number of anilines is 2. The molecule has 12 heteroatoms. The van der Waals surface area contributed by atoms with Crippen molar-refractivity contribution in [3.05, 3.63) is 64.8 Å². The Balaban J connectivity index is 1.27. The number of likely N-dealkylation sites (N-methyl/N-ethyl adjacent to an activating group) is 1. The third-order valence-corrected chi connectivity index (χ3v) is 10.6. The van der Waals surface area contributed by atoms with Crippen molar-refractivity contribution in [3.8, 4) is 12.1 Å². The lowest BCUT2D eigenvalue weighted by Gasteiger charge is -2.54. The molecule has 4 aliphatic rings. The van der Waals surface area contributed by atoms with Crippen molar-refractivity contribution in [1.82, 2.24) is 19.8 Å². The summed E-state index contributed by atoms with van der Waals surface area (Å²) >= 11 is 6.84. The molecular weight excluding hydrogens is 630 g/mol. The van der Waals surface area contributed by atoms with Gasteiger partial charge in [0.2, 0.25) is 5.91 Å². The molecule has 0 bridgehead atoms. The van der Waals surface area contributed by atoms with Crippen LogP contribution >= 0.6 is 11.6 Å². The van der Waals surface area contributed by atoms with E-state index in [4.69, 9.17) is 35.8 Å². The molecule has 2 aromatic carbocycles. The van der Waals surface area contributed by atoms with E-state index in [-0.39, 0.29) is 18.4 Å². The maximum absolute atomic E-state index is 13.1. The highest BCUT2D eigenvalue weighted by Crippen LogP contribution is 2.48. The number of piperazine rings is 1. The predicted molar refractivity (Wildman–Crippen MR) is 185 cm³/mol. The maximum Gasteiger partial charge on any atom is 0.318 e. The van der Waals surface area contributed by atoms with Crippen LogP contribution in [-0.4, -0.2) is 111 Å². The Kier molecular flexibility index (Phi) is 9.43. The number of ether oxygens (including phenoxy) is 3. The smallest absolute Gasteiger partial charge is 0.318 e. The summed E-state index contributed by atoms with van der Waals surface area (Å²) in [6.45, 7) is 5.14. The molecule has 1 amide bonds. The molecule has 0 aliphatic carbocycles. The van der Waals surface area contributed by atoms with Crippen LogP contribution in [-0.2, 0) is 26.2 Å². The Bertz CT molecular complexity index is 1740. The summed E-state index contributed by atoms with van der Waals surface area (Å²) in [5.74, 6) is 0.706. The number of rotatable bonds is 9. The van der Waals surface area contributed by atoms with Crippen LogP contribution in [0.4, 0.5) is 11.5 Å². The zero-order valence-corrected chi connectivity index (χ0v) is 28.4. The van der Waals surface area contributed by atoms with Crippen molar-refractivity contribution in [2.24, 2.45) is 0 Å². The predicted octanol–water partition coefficient (Wildman–Crippen LogP) is 4.18. The summed E-state index contributed by atoms with van der Waals surface area (Å²) in [7, 11) is 3.73. The number of nitrogens with zero attached hydrogens (tertiary/aromatic N) is 7. The molecule has 3 aromatic rings. The summed E-state index contributed by atoms with van der Waals surface area (Å²) in [4.78, 5) is 32.1. The third-order valence-electron chi connectivity index (χ3n) is 10.3. The number of methoxy groups -OCH3 is 1. The number of carbonyl (C=O) groups is 1. The van der Waals surface area contributed by atoms with Gasteiger partial charge in [0.05, 0.1) is 49.1 Å². The molecule has 7 rings (SSSR count). The van der Waals surface area contributed by atoms with Crippen LogP contribution in [0, 0.1) is 11.3 Å². The van der Waals surface area contributed by atoms with E-state index >= 15 is 0 Å². The Labute approximate surface area is 286 Å². The molecule has 0 N–H and O–H groups in total. The highest BCUT2D eigenvalue weighted by Gasteiger charge is 2.52. The molecule has 48 heavy (non-hydrogen) atoms. The zero-order valence-electron chi connectivity index (χ0n) is 27.6. The van der Waals surface area contributed by atoms with Gasteiger partial charge in [-0.05, 0) is 50.4 Å². The van der Waals surface area contributed by atoms with E-state index in [1.807, 2.05) is 12.1 Å². The number of hydrogen-bond donors (Lipinski definition) is 0. The molecule has 252 valence electrons. The van der Waals surface area contributed by atoms with Gasteiger partial charge in [-0.3, -0.25) is 4.79 Å². The Morgan fingerprint density at radius 3 is 2.71 bits per heavy atom. The molecule has 1 spiro atoms. The van der Waals surface area contributed by atoms with Gasteiger partial charge < -0.3 is 33.8 Å². The van der Waals surface area contributed by atoms with E-state index in [0.29, 0.717) is 69.6 Å². The van der Waals surface area contributed by atoms with E-state index in [1.54, 1.807) is 18.1 Å². The first-order valence-electron chi connectivity index (χ1n) is 16.8. The van der Waals surface area contributed by atoms with Crippen molar-refractivity contribution >= 4 is 39.8 Å². The molecule has 3 fully saturated rings. The largest absolute Gasteiger partial charge is 0.462 e. The quantitative estimate of drug-likeness (QED) is 0.308. The first-order valence-corrected chi connectivity index (χ1v) is 17.2. The van der Waals surface area contributed by atoms with Crippen molar-refractivity contribution in [1.29, 1.82) is 5.26 Å². The molecule has 5 heterocycles. The number of likely N-dealkylation sites (tertiary alicyclic amines) is 1. The minimum Gasteiger partial charge on any atom is -0.462 e. The Morgan fingerprint density at radius 2 is 1.98 bits per heavy atom. The van der Waals surface area contributed by atoms with Crippen LogP contribution < -0.4 is 14.5 Å². The van der Waals surface area contributed by atoms with Crippen molar-refractivity contribution in [2.75, 3.05) is 83.1 Å². The topological polar surface area (TPSA) is 107 Å². The van der Waals surface area contributed by atoms with E-state index in [9.17, 15) is 10.1 Å². The maximum atomic E-state index is 13.1. The number of nitriles is 1. The first kappa shape index (κ1) is 32.6. The van der Waals surface area contributed by atoms with Gasteiger partial charge in [-0.25, -0.2) is 0 Å². The van der Waals surface area contributed by atoms with Gasteiger partial charge in [-0.1, -0.05) is 41.9 Å². The number of carbonyl (C=O) groups excluding carboxylic acids is 1. The summed E-state index contributed by atoms with van der Waals surface area (Å²) < 4.78 is 17.5. The second-order valence-corrected chi connectivity index (χ2v) is 13.5. The average Bonchev–Trinajstić information content (AvgIpc) is 3.50. The lowest BCUT2D eigenvalue weighted by Crippen LogP contribution is -2.63. The summed E-state index contributed by atoms with van der Waals surface area (Å²) in [5.41, 5.74) is 2.53. The van der Waals surface area contributed by atoms with Crippen LogP contribution in [0.25, 0.3) is 10.8 Å². The van der Waals surface area contributed by atoms with Gasteiger partial charge in [0.1, 0.15) is 18.0 Å². The van der Waals surface area contributed by atoms with Crippen LogP contribution in [0.1, 0.15) is 30.5 Å². The van der Waals surface area contributed by atoms with Crippen LogP contribution in [0.3, 0.4) is 0 Å². The van der Waals surface area contributed by atoms with Gasteiger partial charge in [-0.15, -0.1) is 0 Å². The van der Waals surface area contributed by atoms with Gasteiger partial charge >= 0.3 is 6.01 Å². The van der Waals surface area contributed by atoms with Gasteiger partial charge in [0.25, 0.3) is 0 Å².